The van der Waals surface area contributed by atoms with Gasteiger partial charge in [0.2, 0.25) is 0 Å². The van der Waals surface area contributed by atoms with E-state index >= 15 is 0 Å². The van der Waals surface area contributed by atoms with E-state index in [-0.39, 0.29) is 0 Å². The molecule has 0 unspecified atom stereocenters. The summed E-state index contributed by atoms with van der Waals surface area (Å²) in [7, 11) is 0. The van der Waals surface area contributed by atoms with Gasteiger partial charge in [-0.05, 0) is 18.8 Å². The molecular weight excluding hydrogens is 144 g/mol. The highest BCUT2D eigenvalue weighted by atomic mass is 14.2. The van der Waals surface area contributed by atoms with Crippen molar-refractivity contribution in [3.8, 4) is 0 Å². The van der Waals surface area contributed by atoms with Crippen molar-refractivity contribution in [3.63, 3.8) is 0 Å². The molecule has 0 amide bonds. The van der Waals surface area contributed by atoms with Crippen LogP contribution in [-0.4, -0.2) is 0 Å². The lowest BCUT2D eigenvalue weighted by atomic mass is 9.88. The molecule has 0 heterocycles. The molecule has 1 aliphatic carbocycles. The Bertz CT molecular complexity index is 107. The first kappa shape index (κ1) is 9.83. The summed E-state index contributed by atoms with van der Waals surface area (Å²) < 4.78 is 0. The van der Waals surface area contributed by atoms with E-state index in [0.717, 1.165) is 5.92 Å². The Kier molecular flexibility index (Phi) is 5.14. The van der Waals surface area contributed by atoms with Crippen LogP contribution in [0.5, 0.6) is 0 Å². The normalized spacial score (nSPS) is 21.3. The van der Waals surface area contributed by atoms with Gasteiger partial charge in [0.15, 0.2) is 0 Å². The fraction of sp³-hybridized carbons (Fsp3) is 0.833. The van der Waals surface area contributed by atoms with Gasteiger partial charge >= 0.3 is 0 Å². The lowest BCUT2D eigenvalue weighted by Crippen LogP contribution is -2.03. The van der Waals surface area contributed by atoms with E-state index in [2.05, 4.69) is 12.7 Å². The van der Waals surface area contributed by atoms with Gasteiger partial charge in [0.25, 0.3) is 0 Å². The molecular formula is C12H22. The first-order valence-electron chi connectivity index (χ1n) is 5.54. The molecule has 1 rings (SSSR count). The van der Waals surface area contributed by atoms with Crippen molar-refractivity contribution in [2.75, 3.05) is 0 Å². The molecule has 0 aromatic heterocycles. The average molecular weight is 166 g/mol. The van der Waals surface area contributed by atoms with Crippen LogP contribution in [-0.2, 0) is 0 Å². The lowest BCUT2D eigenvalue weighted by molar-refractivity contribution is 0.361. The van der Waals surface area contributed by atoms with Gasteiger partial charge in [-0.1, -0.05) is 51.0 Å². The standard InChI is InChI=1S/C12H22/c1-2-3-9-12-10-7-5-4-6-8-11-12/h2,12H,1,3-11H2. The van der Waals surface area contributed by atoms with Crippen molar-refractivity contribution < 1.29 is 0 Å². The van der Waals surface area contributed by atoms with Gasteiger partial charge in [0.1, 0.15) is 0 Å². The monoisotopic (exact) mass is 166 g/mol. The van der Waals surface area contributed by atoms with Crippen LogP contribution in [0.4, 0.5) is 0 Å². The SMILES string of the molecule is C=CCCC1CCCCCCC1. The van der Waals surface area contributed by atoms with Gasteiger partial charge in [-0.2, -0.15) is 0 Å². The van der Waals surface area contributed by atoms with E-state index in [9.17, 15) is 0 Å². The predicted molar refractivity (Wildman–Crippen MR) is 55.2 cm³/mol. The molecule has 1 saturated carbocycles. The molecule has 1 fully saturated rings. The third-order valence-corrected chi connectivity index (χ3v) is 3.00. The second kappa shape index (κ2) is 6.28. The first-order valence-corrected chi connectivity index (χ1v) is 5.54. The molecule has 0 bridgehead atoms. The van der Waals surface area contributed by atoms with Crippen molar-refractivity contribution >= 4 is 0 Å². The van der Waals surface area contributed by atoms with Crippen molar-refractivity contribution in [2.45, 2.75) is 57.8 Å². The molecule has 0 nitrogen and oxygen atoms in total. The molecule has 0 atom stereocenters. The Morgan fingerprint density at radius 2 is 1.58 bits per heavy atom. The summed E-state index contributed by atoms with van der Waals surface area (Å²) in [6, 6.07) is 0. The van der Waals surface area contributed by atoms with Gasteiger partial charge in [-0.15, -0.1) is 6.58 Å². The average Bonchev–Trinajstić information content (AvgIpc) is 2.02. The van der Waals surface area contributed by atoms with E-state index in [1.54, 1.807) is 0 Å². The lowest BCUT2D eigenvalue weighted by Gasteiger charge is -2.18. The van der Waals surface area contributed by atoms with Crippen molar-refractivity contribution in [1.29, 1.82) is 0 Å². The predicted octanol–water partition coefficient (Wildman–Crippen LogP) is 4.31. The Labute approximate surface area is 77.1 Å². The van der Waals surface area contributed by atoms with Gasteiger partial charge in [-0.3, -0.25) is 0 Å². The minimum atomic E-state index is 1.02. The smallest absolute Gasteiger partial charge is 0.0351 e. The summed E-state index contributed by atoms with van der Waals surface area (Å²) in [5, 5.41) is 0. The van der Waals surface area contributed by atoms with Crippen LogP contribution in [0.15, 0.2) is 12.7 Å². The van der Waals surface area contributed by atoms with Gasteiger partial charge in [0.05, 0.1) is 0 Å². The fourth-order valence-electron chi connectivity index (χ4n) is 2.18. The molecule has 0 saturated heterocycles. The number of hydrogen-bond acceptors (Lipinski definition) is 0. The second-order valence-electron chi connectivity index (χ2n) is 4.08. The van der Waals surface area contributed by atoms with Crippen LogP contribution < -0.4 is 0 Å². The quantitative estimate of drug-likeness (QED) is 0.548. The van der Waals surface area contributed by atoms with Crippen LogP contribution in [0.2, 0.25) is 0 Å². The minimum Gasteiger partial charge on any atom is -0.103 e. The van der Waals surface area contributed by atoms with Crippen LogP contribution in [0.1, 0.15) is 57.8 Å². The number of rotatable bonds is 3. The largest absolute Gasteiger partial charge is 0.103 e. The zero-order valence-electron chi connectivity index (χ0n) is 8.23. The number of allylic oxidation sites excluding steroid dienone is 1. The topological polar surface area (TPSA) is 0 Å². The van der Waals surface area contributed by atoms with Crippen LogP contribution in [0.3, 0.4) is 0 Å². The van der Waals surface area contributed by atoms with Gasteiger partial charge < -0.3 is 0 Å². The highest BCUT2D eigenvalue weighted by Gasteiger charge is 2.09. The summed E-state index contributed by atoms with van der Waals surface area (Å²) in [5.74, 6) is 1.02. The third-order valence-electron chi connectivity index (χ3n) is 3.00. The molecule has 70 valence electrons. The summed E-state index contributed by atoms with van der Waals surface area (Å²) in [6.45, 7) is 3.79. The van der Waals surface area contributed by atoms with E-state index in [1.807, 2.05) is 0 Å². The molecule has 1 aliphatic rings. The molecule has 0 N–H and O–H groups in total. The third kappa shape index (κ3) is 3.94. The summed E-state index contributed by atoms with van der Waals surface area (Å²) >= 11 is 0. The molecule has 0 aliphatic heterocycles. The second-order valence-corrected chi connectivity index (χ2v) is 4.08. The molecule has 0 heteroatoms. The van der Waals surface area contributed by atoms with Gasteiger partial charge in [-0.25, -0.2) is 0 Å². The molecule has 0 spiro atoms. The highest BCUT2D eigenvalue weighted by Crippen LogP contribution is 2.25. The molecule has 12 heavy (non-hydrogen) atoms. The van der Waals surface area contributed by atoms with E-state index in [1.165, 1.54) is 57.8 Å². The van der Waals surface area contributed by atoms with Crippen LogP contribution in [0, 0.1) is 5.92 Å². The Morgan fingerprint density at radius 3 is 2.17 bits per heavy atom. The molecule has 0 aromatic carbocycles. The zero-order chi connectivity index (χ0) is 8.65. The zero-order valence-corrected chi connectivity index (χ0v) is 8.23. The minimum absolute atomic E-state index is 1.02. The van der Waals surface area contributed by atoms with Gasteiger partial charge in [0, 0.05) is 0 Å². The van der Waals surface area contributed by atoms with Crippen molar-refractivity contribution in [3.05, 3.63) is 12.7 Å². The summed E-state index contributed by atoms with van der Waals surface area (Å²) in [4.78, 5) is 0. The maximum absolute atomic E-state index is 3.79. The Hall–Kier alpha value is -0.260. The molecule has 0 radical (unpaired) electrons. The summed E-state index contributed by atoms with van der Waals surface area (Å²) in [6.07, 6.45) is 15.0. The highest BCUT2D eigenvalue weighted by molar-refractivity contribution is 4.71. The maximum atomic E-state index is 3.79. The Morgan fingerprint density at radius 1 is 1.00 bits per heavy atom. The summed E-state index contributed by atoms with van der Waals surface area (Å²) in [5.41, 5.74) is 0. The van der Waals surface area contributed by atoms with E-state index in [4.69, 9.17) is 0 Å². The van der Waals surface area contributed by atoms with Crippen LogP contribution in [0.25, 0.3) is 0 Å². The maximum Gasteiger partial charge on any atom is -0.0351 e. The van der Waals surface area contributed by atoms with Crippen LogP contribution >= 0.6 is 0 Å². The van der Waals surface area contributed by atoms with E-state index < -0.39 is 0 Å². The fourth-order valence-corrected chi connectivity index (χ4v) is 2.18. The number of hydrogen-bond donors (Lipinski definition) is 0. The van der Waals surface area contributed by atoms with Crippen molar-refractivity contribution in [2.24, 2.45) is 5.92 Å². The van der Waals surface area contributed by atoms with Crippen molar-refractivity contribution in [1.82, 2.24) is 0 Å². The van der Waals surface area contributed by atoms with E-state index in [0.29, 0.717) is 0 Å². The first-order chi connectivity index (χ1) is 5.93. The molecule has 0 aromatic rings. The Balaban J connectivity index is 2.15.